The van der Waals surface area contributed by atoms with E-state index in [2.05, 4.69) is 4.98 Å². The number of aromatic nitrogens is 1. The van der Waals surface area contributed by atoms with Gasteiger partial charge in [-0.05, 0) is 17.7 Å². The average molecular weight is 343 g/mol. The van der Waals surface area contributed by atoms with Crippen LogP contribution in [0.3, 0.4) is 0 Å². The minimum absolute atomic E-state index is 0. The molecule has 1 aromatic carbocycles. The van der Waals surface area contributed by atoms with Crippen LogP contribution in [0.1, 0.15) is 16.1 Å². The first-order chi connectivity index (χ1) is 10.1. The molecule has 0 atom stereocenters. The van der Waals surface area contributed by atoms with E-state index in [1.807, 2.05) is 24.3 Å². The second-order valence-corrected chi connectivity index (χ2v) is 4.17. The van der Waals surface area contributed by atoms with Gasteiger partial charge in [0.2, 0.25) is 5.88 Å². The van der Waals surface area contributed by atoms with Gasteiger partial charge in [-0.3, -0.25) is 0 Å². The van der Waals surface area contributed by atoms with Crippen molar-refractivity contribution < 1.29 is 75.5 Å². The van der Waals surface area contributed by atoms with E-state index < -0.39 is 5.97 Å². The van der Waals surface area contributed by atoms with Crippen LogP contribution in [0.4, 0.5) is 0 Å². The number of carbonyl (C=O) groups is 1. The molecule has 2 rings (SSSR count). The number of methoxy groups -OCH3 is 2. The number of nitrogens with zero attached hydrogens (tertiary/aromatic N) is 1. The van der Waals surface area contributed by atoms with Crippen LogP contribution in [0.5, 0.6) is 17.4 Å². The van der Waals surface area contributed by atoms with Crippen molar-refractivity contribution in [1.82, 2.24) is 4.98 Å². The van der Waals surface area contributed by atoms with E-state index >= 15 is 0 Å². The van der Waals surface area contributed by atoms with Crippen molar-refractivity contribution in [2.24, 2.45) is 0 Å². The quantitative estimate of drug-likeness (QED) is 0.580. The number of pyridine rings is 1. The first-order valence-electron chi connectivity index (χ1n) is 6.17. The number of rotatable bonds is 6. The largest absolute Gasteiger partial charge is 1.00 e. The number of aromatic carboxylic acids is 1. The first kappa shape index (κ1) is 21.9. The van der Waals surface area contributed by atoms with E-state index in [1.165, 1.54) is 19.2 Å². The van der Waals surface area contributed by atoms with Crippen molar-refractivity contribution >= 4 is 5.97 Å². The Hall–Kier alpha value is -1.12. The number of benzene rings is 1. The molecule has 1 heterocycles. The topological polar surface area (TPSA) is 77.9 Å². The Morgan fingerprint density at radius 3 is 2.22 bits per heavy atom. The Kier molecular flexibility index (Phi) is 10.1. The summed E-state index contributed by atoms with van der Waals surface area (Å²) in [4.78, 5) is 14.9. The van der Waals surface area contributed by atoms with E-state index in [-0.39, 0.29) is 77.0 Å². The fourth-order valence-corrected chi connectivity index (χ4v) is 1.66. The van der Waals surface area contributed by atoms with Crippen LogP contribution in [-0.2, 0) is 6.61 Å². The third-order valence-corrected chi connectivity index (χ3v) is 2.78. The molecule has 2 aromatic rings. The maximum atomic E-state index is 11.0. The van der Waals surface area contributed by atoms with Crippen LogP contribution < -0.4 is 65.6 Å². The second-order valence-electron chi connectivity index (χ2n) is 4.17. The third-order valence-electron chi connectivity index (χ3n) is 2.78. The Morgan fingerprint density at radius 2 is 1.70 bits per heavy atom. The van der Waals surface area contributed by atoms with Crippen LogP contribution in [0.2, 0.25) is 0 Å². The van der Waals surface area contributed by atoms with Gasteiger partial charge in [0, 0.05) is 12.1 Å². The maximum absolute atomic E-state index is 11.0. The molecule has 7 heteroatoms. The van der Waals surface area contributed by atoms with Crippen molar-refractivity contribution in [3.63, 3.8) is 0 Å². The van der Waals surface area contributed by atoms with Crippen molar-refractivity contribution in [3.8, 4) is 17.4 Å². The van der Waals surface area contributed by atoms with Gasteiger partial charge in [-0.15, -0.1) is 0 Å². The predicted molar refractivity (Wildman–Crippen MR) is 81.5 cm³/mol. The van der Waals surface area contributed by atoms with Gasteiger partial charge >= 0.3 is 57.4 Å². The molecule has 1 N–H and O–H groups in total. The molecule has 0 aliphatic heterocycles. The predicted octanol–water partition coefficient (Wildman–Crippen LogP) is -0.170. The van der Waals surface area contributed by atoms with Gasteiger partial charge in [0.15, 0.2) is 5.69 Å². The number of ether oxygens (including phenoxy) is 3. The molecular formula is C16H18KNO5. The number of carboxylic acids is 1. The van der Waals surface area contributed by atoms with Crippen LogP contribution in [0.25, 0.3) is 0 Å². The third kappa shape index (κ3) is 6.48. The van der Waals surface area contributed by atoms with E-state index in [9.17, 15) is 4.79 Å². The molecule has 0 fully saturated rings. The molecule has 23 heavy (non-hydrogen) atoms. The normalized spacial score (nSPS) is 9.13. The van der Waals surface area contributed by atoms with Gasteiger partial charge < -0.3 is 26.7 Å². The second kappa shape index (κ2) is 10.6. The molecule has 118 valence electrons. The maximum Gasteiger partial charge on any atom is 1.00 e. The number of hydrogen-bond acceptors (Lipinski definition) is 5. The minimum Gasteiger partial charge on any atom is -0.497 e. The zero-order valence-corrected chi connectivity index (χ0v) is 16.8. The summed E-state index contributed by atoms with van der Waals surface area (Å²) in [5.41, 5.74) is 0.788. The van der Waals surface area contributed by atoms with Crippen molar-refractivity contribution in [3.05, 3.63) is 55.1 Å². The van der Waals surface area contributed by atoms with E-state index in [0.29, 0.717) is 5.75 Å². The number of hydrogen-bond donors (Lipinski definition) is 1. The first-order valence-corrected chi connectivity index (χ1v) is 6.17. The van der Waals surface area contributed by atoms with E-state index in [0.717, 1.165) is 11.3 Å². The van der Waals surface area contributed by atoms with Crippen molar-refractivity contribution in [1.29, 1.82) is 0 Å². The van der Waals surface area contributed by atoms with Gasteiger partial charge in [-0.1, -0.05) is 12.1 Å². The van der Waals surface area contributed by atoms with Gasteiger partial charge in [-0.25, -0.2) is 9.78 Å². The van der Waals surface area contributed by atoms with Crippen LogP contribution in [-0.4, -0.2) is 30.3 Å². The molecule has 0 radical (unpaired) electrons. The summed E-state index contributed by atoms with van der Waals surface area (Å²) in [6.45, 7) is 0.267. The van der Waals surface area contributed by atoms with Gasteiger partial charge in [-0.2, -0.15) is 0 Å². The zero-order chi connectivity index (χ0) is 15.2. The number of carboxylic acid groups (broad SMARTS) is 1. The summed E-state index contributed by atoms with van der Waals surface area (Å²) < 4.78 is 15.6. The van der Waals surface area contributed by atoms with Gasteiger partial charge in [0.1, 0.15) is 18.1 Å². The Labute approximate surface area is 178 Å². The van der Waals surface area contributed by atoms with Crippen molar-refractivity contribution in [2.45, 2.75) is 6.61 Å². The minimum atomic E-state index is -1.14. The molecule has 0 saturated heterocycles. The van der Waals surface area contributed by atoms with Crippen LogP contribution in [0.15, 0.2) is 36.4 Å². The monoisotopic (exact) mass is 343 g/mol. The van der Waals surface area contributed by atoms with Crippen molar-refractivity contribution in [2.75, 3.05) is 14.2 Å². The molecule has 0 amide bonds. The summed E-state index contributed by atoms with van der Waals surface area (Å²) in [6.07, 6.45) is 0. The van der Waals surface area contributed by atoms with Gasteiger partial charge in [0.25, 0.3) is 0 Å². The summed E-state index contributed by atoms with van der Waals surface area (Å²) in [7, 11) is 3.05. The SMILES string of the molecule is COc1ccc(COc2cc(OC)cc(C(=O)O)n2)cc1.[CH3-].[K+]. The molecular weight excluding hydrogens is 325 g/mol. The summed E-state index contributed by atoms with van der Waals surface area (Å²) in [5, 5.41) is 8.98. The zero-order valence-electron chi connectivity index (χ0n) is 13.7. The molecule has 6 nitrogen and oxygen atoms in total. The fraction of sp³-hybridized carbons (Fsp3) is 0.188. The van der Waals surface area contributed by atoms with E-state index in [1.54, 1.807) is 7.11 Å². The van der Waals surface area contributed by atoms with Gasteiger partial charge in [0.05, 0.1) is 14.2 Å². The molecule has 0 spiro atoms. The molecule has 0 saturated carbocycles. The van der Waals surface area contributed by atoms with Crippen LogP contribution >= 0.6 is 0 Å². The Morgan fingerprint density at radius 1 is 1.09 bits per heavy atom. The average Bonchev–Trinajstić information content (AvgIpc) is 2.53. The van der Waals surface area contributed by atoms with Crippen LogP contribution in [0, 0.1) is 7.43 Å². The van der Waals surface area contributed by atoms with E-state index in [4.69, 9.17) is 19.3 Å². The smallest absolute Gasteiger partial charge is 0.497 e. The molecule has 0 bridgehead atoms. The molecule has 0 unspecified atom stereocenters. The summed E-state index contributed by atoms with van der Waals surface area (Å²) >= 11 is 0. The summed E-state index contributed by atoms with van der Waals surface area (Å²) in [6, 6.07) is 10.2. The Balaban J connectivity index is 0.00000242. The summed E-state index contributed by atoms with van der Waals surface area (Å²) in [5.74, 6) is 0.198. The fourth-order valence-electron chi connectivity index (χ4n) is 1.66. The molecule has 0 aliphatic carbocycles. The molecule has 1 aromatic heterocycles. The standard InChI is InChI=1S/C15H15NO5.CH3.K/c1-19-11-5-3-10(4-6-11)9-21-14-8-12(20-2)7-13(16-14)15(17)18;;/h3-8H,9H2,1-2H3,(H,17,18);1H3;/q;-1;+1. The Bertz CT molecular complexity index is 631. The molecule has 0 aliphatic rings.